The van der Waals surface area contributed by atoms with Crippen molar-refractivity contribution in [1.29, 1.82) is 5.26 Å². The molecule has 2 N–H and O–H groups in total. The van der Waals surface area contributed by atoms with E-state index in [1.807, 2.05) is 22.9 Å². The fraction of sp³-hybridized carbons (Fsp3) is 0.605. The standard InChI is InChI=1S/C38H50N10O2/c1-3-32-35-31(21-39)41-24-47(35)33-22-40-38(44-36(33)48(32)29-6-4-5-7-29)43-30-11-10-26(20-34(30)50-2)37(49)42-27-12-18-46(19-13-27)28-14-16-45(17-15-28)23-25-8-9-25/h10-11,20,22,24-25,27-29,32H,3-9,12-19,23H2,1-2H3,(H,42,49)(H,40,43,44)/t32-/m1/s1. The maximum absolute atomic E-state index is 13.4. The largest absolute Gasteiger partial charge is 0.495 e. The van der Waals surface area contributed by atoms with Crippen molar-refractivity contribution >= 4 is 23.4 Å². The Bertz CT molecular complexity index is 1730. The van der Waals surface area contributed by atoms with Crippen LogP contribution in [0.25, 0.3) is 5.69 Å². The summed E-state index contributed by atoms with van der Waals surface area (Å²) in [5.74, 6) is 2.74. The summed E-state index contributed by atoms with van der Waals surface area (Å²) in [5.41, 5.74) is 3.46. The molecule has 3 aliphatic heterocycles. The Kier molecular flexibility index (Phi) is 9.36. The number of carbonyl (C=O) groups excluding carboxylic acids is 1. The van der Waals surface area contributed by atoms with E-state index < -0.39 is 0 Å². The number of nitriles is 1. The van der Waals surface area contributed by atoms with Gasteiger partial charge >= 0.3 is 0 Å². The minimum absolute atomic E-state index is 0.000102. The van der Waals surface area contributed by atoms with E-state index in [0.717, 1.165) is 68.3 Å². The van der Waals surface area contributed by atoms with Crippen LogP contribution >= 0.6 is 0 Å². The zero-order valence-electron chi connectivity index (χ0n) is 29.5. The van der Waals surface area contributed by atoms with E-state index in [0.29, 0.717) is 40.7 Å². The number of amides is 1. The second-order valence-electron chi connectivity index (χ2n) is 14.9. The summed E-state index contributed by atoms with van der Waals surface area (Å²) in [6.45, 7) is 8.02. The number of anilines is 3. The van der Waals surface area contributed by atoms with Crippen molar-refractivity contribution in [1.82, 2.24) is 34.6 Å². The SMILES string of the molecule is CC[C@@H]1c2c(C#N)ncn2-c2cnc(Nc3ccc(C(=O)NC4CCN(C5CCN(CC6CC6)CC5)CC4)cc3OC)nc2N1C1CCCC1. The lowest BCUT2D eigenvalue weighted by molar-refractivity contribution is 0.0755. The molecule has 264 valence electrons. The summed E-state index contributed by atoms with van der Waals surface area (Å²) >= 11 is 0. The number of benzene rings is 1. The van der Waals surface area contributed by atoms with Gasteiger partial charge in [0.2, 0.25) is 5.95 Å². The lowest BCUT2D eigenvalue weighted by Gasteiger charge is -2.42. The molecule has 5 aliphatic rings. The monoisotopic (exact) mass is 678 g/mol. The van der Waals surface area contributed by atoms with Crippen molar-refractivity contribution in [3.05, 3.63) is 47.7 Å². The summed E-state index contributed by atoms with van der Waals surface area (Å²) in [7, 11) is 1.61. The molecule has 0 spiro atoms. The number of nitrogens with one attached hydrogen (secondary N) is 2. The van der Waals surface area contributed by atoms with E-state index in [4.69, 9.17) is 9.72 Å². The summed E-state index contributed by atoms with van der Waals surface area (Å²) in [6, 6.07) is 8.99. The van der Waals surface area contributed by atoms with Crippen molar-refractivity contribution in [2.45, 2.75) is 102 Å². The molecule has 2 aromatic heterocycles. The lowest BCUT2D eigenvalue weighted by atomic mass is 9.97. The van der Waals surface area contributed by atoms with Crippen LogP contribution in [0.3, 0.4) is 0 Å². The predicted molar refractivity (Wildman–Crippen MR) is 192 cm³/mol. The third-order valence-corrected chi connectivity index (χ3v) is 11.8. The molecule has 0 radical (unpaired) electrons. The Labute approximate surface area is 295 Å². The fourth-order valence-corrected chi connectivity index (χ4v) is 8.89. The van der Waals surface area contributed by atoms with E-state index in [-0.39, 0.29) is 18.0 Å². The molecule has 2 saturated carbocycles. The van der Waals surface area contributed by atoms with Crippen LogP contribution in [0.4, 0.5) is 17.5 Å². The molecule has 12 nitrogen and oxygen atoms in total. The van der Waals surface area contributed by atoms with Gasteiger partial charge in [-0.15, -0.1) is 0 Å². The summed E-state index contributed by atoms with van der Waals surface area (Å²) < 4.78 is 7.74. The topological polar surface area (TPSA) is 127 Å². The van der Waals surface area contributed by atoms with Gasteiger partial charge in [0.05, 0.1) is 30.7 Å². The Morgan fingerprint density at radius 2 is 1.78 bits per heavy atom. The highest BCUT2D eigenvalue weighted by atomic mass is 16.5. The van der Waals surface area contributed by atoms with Gasteiger partial charge in [0.1, 0.15) is 23.8 Å². The highest BCUT2D eigenvalue weighted by molar-refractivity contribution is 5.95. The number of nitrogens with zero attached hydrogens (tertiary/aromatic N) is 8. The number of aromatic nitrogens is 4. The number of imidazole rings is 1. The van der Waals surface area contributed by atoms with Crippen LogP contribution in [0.1, 0.15) is 105 Å². The van der Waals surface area contributed by atoms with Crippen LogP contribution in [0.2, 0.25) is 0 Å². The second-order valence-corrected chi connectivity index (χ2v) is 14.9. The van der Waals surface area contributed by atoms with Gasteiger partial charge in [0.15, 0.2) is 11.5 Å². The Morgan fingerprint density at radius 1 is 1.00 bits per heavy atom. The van der Waals surface area contributed by atoms with Crippen molar-refractivity contribution in [2.75, 3.05) is 50.1 Å². The first-order valence-corrected chi connectivity index (χ1v) is 18.9. The first-order chi connectivity index (χ1) is 24.5. The quantitative estimate of drug-likeness (QED) is 0.281. The first kappa shape index (κ1) is 33.0. The number of carbonyl (C=O) groups is 1. The van der Waals surface area contributed by atoms with E-state index in [9.17, 15) is 10.1 Å². The fourth-order valence-electron chi connectivity index (χ4n) is 8.89. The molecule has 0 unspecified atom stereocenters. The molecule has 4 fully saturated rings. The smallest absolute Gasteiger partial charge is 0.251 e. The van der Waals surface area contributed by atoms with Crippen LogP contribution in [0, 0.1) is 17.2 Å². The Morgan fingerprint density at radius 3 is 2.48 bits per heavy atom. The minimum Gasteiger partial charge on any atom is -0.495 e. The molecule has 12 heteroatoms. The number of rotatable bonds is 10. The first-order valence-electron chi connectivity index (χ1n) is 18.9. The molecule has 5 heterocycles. The van der Waals surface area contributed by atoms with Crippen molar-refractivity contribution < 1.29 is 9.53 Å². The normalized spacial score (nSPS) is 22.2. The van der Waals surface area contributed by atoms with E-state index >= 15 is 0 Å². The van der Waals surface area contributed by atoms with Gasteiger partial charge in [0, 0.05) is 43.3 Å². The van der Waals surface area contributed by atoms with Gasteiger partial charge in [0.25, 0.3) is 5.91 Å². The van der Waals surface area contributed by atoms with Gasteiger partial charge in [-0.05, 0) is 95.0 Å². The van der Waals surface area contributed by atoms with E-state index in [1.165, 1.54) is 58.2 Å². The van der Waals surface area contributed by atoms with Gasteiger partial charge in [-0.1, -0.05) is 19.8 Å². The lowest BCUT2D eigenvalue weighted by Crippen LogP contribution is -2.51. The third-order valence-electron chi connectivity index (χ3n) is 11.8. The maximum atomic E-state index is 13.4. The highest BCUT2D eigenvalue weighted by Crippen LogP contribution is 2.44. The number of methoxy groups -OCH3 is 1. The molecule has 2 aliphatic carbocycles. The molecular weight excluding hydrogens is 628 g/mol. The average molecular weight is 679 g/mol. The molecule has 1 aromatic carbocycles. The van der Waals surface area contributed by atoms with Crippen molar-refractivity contribution in [2.24, 2.45) is 5.92 Å². The number of piperidine rings is 2. The van der Waals surface area contributed by atoms with Crippen LogP contribution in [0.5, 0.6) is 5.75 Å². The van der Waals surface area contributed by atoms with E-state index in [2.05, 4.69) is 48.3 Å². The molecular formula is C38H50N10O2. The summed E-state index contributed by atoms with van der Waals surface area (Å²) in [6.07, 6.45) is 16.3. The van der Waals surface area contributed by atoms with Crippen LogP contribution in [-0.4, -0.2) is 93.2 Å². The molecule has 1 atom stereocenters. The number of hydrogen-bond donors (Lipinski definition) is 2. The minimum atomic E-state index is -0.0718. The second kappa shape index (κ2) is 14.2. The third kappa shape index (κ3) is 6.53. The summed E-state index contributed by atoms with van der Waals surface area (Å²) in [5, 5.41) is 16.5. The molecule has 50 heavy (non-hydrogen) atoms. The number of hydrogen-bond acceptors (Lipinski definition) is 10. The Balaban J connectivity index is 0.928. The molecule has 1 amide bonds. The van der Waals surface area contributed by atoms with Crippen LogP contribution in [-0.2, 0) is 0 Å². The maximum Gasteiger partial charge on any atom is 0.251 e. The number of ether oxygens (including phenoxy) is 1. The van der Waals surface area contributed by atoms with Crippen molar-refractivity contribution in [3.63, 3.8) is 0 Å². The molecule has 2 saturated heterocycles. The zero-order chi connectivity index (χ0) is 34.2. The number of fused-ring (bicyclic) bond motifs is 3. The molecule has 3 aromatic rings. The van der Waals surface area contributed by atoms with Crippen LogP contribution in [0.15, 0.2) is 30.7 Å². The van der Waals surface area contributed by atoms with Gasteiger partial charge in [-0.25, -0.2) is 9.97 Å². The zero-order valence-corrected chi connectivity index (χ0v) is 29.5. The van der Waals surface area contributed by atoms with Crippen molar-refractivity contribution in [3.8, 4) is 17.5 Å². The van der Waals surface area contributed by atoms with E-state index in [1.54, 1.807) is 19.5 Å². The van der Waals surface area contributed by atoms with Gasteiger partial charge in [-0.2, -0.15) is 10.2 Å². The van der Waals surface area contributed by atoms with Gasteiger partial charge in [-0.3, -0.25) is 9.36 Å². The molecule has 0 bridgehead atoms. The van der Waals surface area contributed by atoms with Gasteiger partial charge < -0.3 is 30.1 Å². The molecule has 8 rings (SSSR count). The van der Waals surface area contributed by atoms with Crippen LogP contribution < -0.4 is 20.3 Å². The predicted octanol–water partition coefficient (Wildman–Crippen LogP) is 5.57. The number of likely N-dealkylation sites (tertiary alicyclic amines) is 2. The summed E-state index contributed by atoms with van der Waals surface area (Å²) in [4.78, 5) is 35.3. The highest BCUT2D eigenvalue weighted by Gasteiger charge is 2.39. The Hall–Kier alpha value is -4.21. The average Bonchev–Trinajstić information content (AvgIpc) is 3.60.